The topological polar surface area (TPSA) is 82.1 Å². The molecular formula is C18H16FN3O3. The third kappa shape index (κ3) is 3.26. The zero-order valence-electron chi connectivity index (χ0n) is 13.8. The van der Waals surface area contributed by atoms with Crippen LogP contribution >= 0.6 is 0 Å². The molecule has 0 unspecified atom stereocenters. The van der Waals surface area contributed by atoms with Gasteiger partial charge in [0.05, 0.1) is 11.6 Å². The minimum Gasteiger partial charge on any atom is -0.401 e. The van der Waals surface area contributed by atoms with Crippen LogP contribution in [0, 0.1) is 15.9 Å². The third-order valence-corrected chi connectivity index (χ3v) is 3.97. The molecule has 0 radical (unpaired) electrons. The Hall–Kier alpha value is -3.09. The zero-order chi connectivity index (χ0) is 18.0. The van der Waals surface area contributed by atoms with Crippen molar-refractivity contribution in [3.63, 3.8) is 0 Å². The number of benzene rings is 1. The summed E-state index contributed by atoms with van der Waals surface area (Å²) in [6.07, 6.45) is 6.10. The van der Waals surface area contributed by atoms with Crippen LogP contribution in [-0.2, 0) is 12.8 Å². The van der Waals surface area contributed by atoms with Crippen molar-refractivity contribution in [2.45, 2.75) is 26.7 Å². The number of hydrogen-bond acceptors (Lipinski definition) is 5. The molecular weight excluding hydrogens is 325 g/mol. The molecule has 0 aliphatic carbocycles. The summed E-state index contributed by atoms with van der Waals surface area (Å²) in [6, 6.07) is 4.18. The summed E-state index contributed by atoms with van der Waals surface area (Å²) in [5, 5.41) is 11.4. The molecule has 2 aromatic heterocycles. The van der Waals surface area contributed by atoms with Gasteiger partial charge in [0.1, 0.15) is 16.5 Å². The maximum atomic E-state index is 14.3. The molecule has 0 bridgehead atoms. The summed E-state index contributed by atoms with van der Waals surface area (Å²) in [7, 11) is 0. The first kappa shape index (κ1) is 16.8. The Bertz CT molecular complexity index is 979. The molecule has 0 saturated heterocycles. The van der Waals surface area contributed by atoms with E-state index in [9.17, 15) is 14.5 Å². The first-order valence-corrected chi connectivity index (χ1v) is 7.92. The predicted octanol–water partition coefficient (Wildman–Crippen LogP) is 4.57. The average molecular weight is 341 g/mol. The molecule has 3 aromatic rings. The smallest absolute Gasteiger partial charge is 0.401 e. The van der Waals surface area contributed by atoms with E-state index in [1.807, 2.05) is 13.8 Å². The molecule has 0 aliphatic heterocycles. The molecule has 7 heteroatoms. The first-order valence-electron chi connectivity index (χ1n) is 7.92. The lowest BCUT2D eigenvalue weighted by atomic mass is 9.98. The summed E-state index contributed by atoms with van der Waals surface area (Å²) in [5.74, 6) is 0.0948. The number of fused-ring (bicyclic) bond motifs is 1. The highest BCUT2D eigenvalue weighted by atomic mass is 19.1. The Morgan fingerprint density at radius 1 is 1.24 bits per heavy atom. The van der Waals surface area contributed by atoms with Gasteiger partial charge in [0.15, 0.2) is 5.82 Å². The van der Waals surface area contributed by atoms with Crippen molar-refractivity contribution in [2.75, 3.05) is 0 Å². The molecule has 2 heterocycles. The Kier molecular flexibility index (Phi) is 4.56. The number of nitrogens with zero attached hydrogens (tertiary/aromatic N) is 3. The van der Waals surface area contributed by atoms with Crippen LogP contribution in [0.15, 0.2) is 28.8 Å². The summed E-state index contributed by atoms with van der Waals surface area (Å²) in [4.78, 5) is 18.6. The van der Waals surface area contributed by atoms with Gasteiger partial charge in [-0.25, -0.2) is 14.4 Å². The number of hydrogen-bond donors (Lipinski definition) is 0. The molecule has 3 rings (SSSR count). The van der Waals surface area contributed by atoms with Crippen LogP contribution in [0.5, 0.6) is 0 Å². The van der Waals surface area contributed by atoms with Gasteiger partial charge in [-0.05, 0) is 42.2 Å². The molecule has 1 aromatic carbocycles. The molecule has 0 atom stereocenters. The van der Waals surface area contributed by atoms with Crippen molar-refractivity contribution in [3.8, 4) is 0 Å². The van der Waals surface area contributed by atoms with Crippen LogP contribution in [0.4, 0.5) is 10.3 Å². The lowest BCUT2D eigenvalue weighted by Gasteiger charge is -2.11. The quantitative estimate of drug-likeness (QED) is 0.501. The van der Waals surface area contributed by atoms with E-state index >= 15 is 0 Å². The number of furan rings is 1. The number of aryl methyl sites for hydroxylation is 1. The van der Waals surface area contributed by atoms with Crippen molar-refractivity contribution in [1.29, 1.82) is 0 Å². The van der Waals surface area contributed by atoms with E-state index in [1.165, 1.54) is 24.3 Å². The van der Waals surface area contributed by atoms with Crippen molar-refractivity contribution in [1.82, 2.24) is 9.97 Å². The van der Waals surface area contributed by atoms with Gasteiger partial charge in [0, 0.05) is 17.6 Å². The fourth-order valence-electron chi connectivity index (χ4n) is 2.82. The molecule has 0 amide bonds. The van der Waals surface area contributed by atoms with Crippen LogP contribution in [0.2, 0.25) is 0 Å². The Balaban J connectivity index is 1.98. The highest BCUT2D eigenvalue weighted by molar-refractivity contribution is 5.84. The second kappa shape index (κ2) is 6.80. The van der Waals surface area contributed by atoms with Crippen LogP contribution in [0.3, 0.4) is 0 Å². The lowest BCUT2D eigenvalue weighted by Crippen LogP contribution is -2.00. The number of nitro groups is 1. The number of halogens is 1. The summed E-state index contributed by atoms with van der Waals surface area (Å²) in [6.45, 7) is 3.90. The van der Waals surface area contributed by atoms with Gasteiger partial charge in [-0.3, -0.25) is 10.1 Å². The molecule has 0 spiro atoms. The highest BCUT2D eigenvalue weighted by Crippen LogP contribution is 2.25. The van der Waals surface area contributed by atoms with E-state index in [0.717, 1.165) is 10.9 Å². The SMILES string of the molecule is CCc1c(F)cc2nc(/C=C/c3ccc([N+](=O)[O-])o3)ncc2c1CC. The van der Waals surface area contributed by atoms with Crippen LogP contribution in [0.25, 0.3) is 23.1 Å². The normalized spacial score (nSPS) is 11.5. The molecule has 0 aliphatic rings. The summed E-state index contributed by atoms with van der Waals surface area (Å²) in [5.41, 5.74) is 2.16. The predicted molar refractivity (Wildman–Crippen MR) is 92.5 cm³/mol. The van der Waals surface area contributed by atoms with Gasteiger partial charge in [-0.2, -0.15) is 0 Å². The van der Waals surface area contributed by atoms with Gasteiger partial charge in [-0.1, -0.05) is 13.8 Å². The third-order valence-electron chi connectivity index (χ3n) is 3.97. The van der Waals surface area contributed by atoms with Crippen molar-refractivity contribution < 1.29 is 13.7 Å². The van der Waals surface area contributed by atoms with Crippen molar-refractivity contribution >= 4 is 28.9 Å². The molecule has 25 heavy (non-hydrogen) atoms. The Morgan fingerprint density at radius 3 is 2.64 bits per heavy atom. The minimum atomic E-state index is -0.607. The Morgan fingerprint density at radius 2 is 2.00 bits per heavy atom. The maximum Gasteiger partial charge on any atom is 0.433 e. The van der Waals surface area contributed by atoms with E-state index in [0.29, 0.717) is 35.5 Å². The standard InChI is InChI=1S/C18H16FN3O3/c1-3-12-13(4-2)15(19)9-16-14(12)10-20-17(21-16)7-5-11-6-8-18(25-11)22(23)24/h5-10H,3-4H2,1-2H3/b7-5+. The lowest BCUT2D eigenvalue weighted by molar-refractivity contribution is -0.402. The summed E-state index contributed by atoms with van der Waals surface area (Å²) >= 11 is 0. The molecule has 0 fully saturated rings. The van der Waals surface area contributed by atoms with Gasteiger partial charge >= 0.3 is 5.88 Å². The van der Waals surface area contributed by atoms with E-state index in [1.54, 1.807) is 12.3 Å². The van der Waals surface area contributed by atoms with Crippen molar-refractivity contribution in [3.05, 3.63) is 63.0 Å². The van der Waals surface area contributed by atoms with E-state index in [2.05, 4.69) is 9.97 Å². The zero-order valence-corrected chi connectivity index (χ0v) is 13.8. The average Bonchev–Trinajstić information content (AvgIpc) is 3.07. The van der Waals surface area contributed by atoms with Crippen LogP contribution in [-0.4, -0.2) is 14.9 Å². The van der Waals surface area contributed by atoms with E-state index < -0.39 is 4.92 Å². The molecule has 0 N–H and O–H groups in total. The van der Waals surface area contributed by atoms with Gasteiger partial charge < -0.3 is 4.42 Å². The molecule has 6 nitrogen and oxygen atoms in total. The van der Waals surface area contributed by atoms with Crippen molar-refractivity contribution in [2.24, 2.45) is 0 Å². The highest BCUT2D eigenvalue weighted by Gasteiger charge is 2.13. The second-order valence-electron chi connectivity index (χ2n) is 5.45. The largest absolute Gasteiger partial charge is 0.433 e. The van der Waals surface area contributed by atoms with Gasteiger partial charge in [0.2, 0.25) is 0 Å². The molecule has 128 valence electrons. The summed E-state index contributed by atoms with van der Waals surface area (Å²) < 4.78 is 19.3. The van der Waals surface area contributed by atoms with E-state index in [4.69, 9.17) is 4.42 Å². The molecule has 0 saturated carbocycles. The van der Waals surface area contributed by atoms with Gasteiger partial charge in [0.25, 0.3) is 0 Å². The minimum absolute atomic E-state index is 0.262. The number of rotatable bonds is 5. The second-order valence-corrected chi connectivity index (χ2v) is 5.45. The van der Waals surface area contributed by atoms with Gasteiger partial charge in [-0.15, -0.1) is 0 Å². The van der Waals surface area contributed by atoms with Crippen LogP contribution in [0.1, 0.15) is 36.6 Å². The van der Waals surface area contributed by atoms with E-state index in [-0.39, 0.29) is 11.7 Å². The monoisotopic (exact) mass is 341 g/mol. The maximum absolute atomic E-state index is 14.3. The number of aromatic nitrogens is 2. The van der Waals surface area contributed by atoms with Crippen LogP contribution < -0.4 is 0 Å². The fraction of sp³-hybridized carbons (Fsp3) is 0.222. The Labute approximate surface area is 143 Å². The fourth-order valence-corrected chi connectivity index (χ4v) is 2.82. The first-order chi connectivity index (χ1) is 12.0.